The Kier molecular flexibility index (Phi) is 11.9. The molecule has 0 aliphatic rings. The number of benzene rings is 3. The van der Waals surface area contributed by atoms with Crippen molar-refractivity contribution in [3.8, 4) is 0 Å². The molecule has 190 valence electrons. The van der Waals surface area contributed by atoms with Gasteiger partial charge in [0.15, 0.2) is 0 Å². The van der Waals surface area contributed by atoms with E-state index in [4.69, 9.17) is 11.6 Å². The van der Waals surface area contributed by atoms with Crippen LogP contribution >= 0.6 is 23.4 Å². The third kappa shape index (κ3) is 9.36. The molecule has 6 heteroatoms. The van der Waals surface area contributed by atoms with Gasteiger partial charge < -0.3 is 10.2 Å². The van der Waals surface area contributed by atoms with E-state index in [1.165, 1.54) is 5.56 Å². The number of thioether (sulfide) groups is 1. The van der Waals surface area contributed by atoms with Crippen LogP contribution in [0, 0.1) is 0 Å². The minimum atomic E-state index is -0.602. The zero-order valence-corrected chi connectivity index (χ0v) is 22.4. The van der Waals surface area contributed by atoms with Gasteiger partial charge in [-0.1, -0.05) is 97.7 Å². The summed E-state index contributed by atoms with van der Waals surface area (Å²) in [5.41, 5.74) is 3.17. The molecule has 4 nitrogen and oxygen atoms in total. The monoisotopic (exact) mass is 522 g/mol. The lowest BCUT2D eigenvalue weighted by molar-refractivity contribution is -0.141. The summed E-state index contributed by atoms with van der Waals surface area (Å²) in [6.07, 6.45) is 2.73. The van der Waals surface area contributed by atoms with Crippen LogP contribution < -0.4 is 5.32 Å². The van der Waals surface area contributed by atoms with E-state index in [0.717, 1.165) is 29.7 Å². The number of hydrogen-bond donors (Lipinski definition) is 1. The standard InChI is InChI=1S/C30H35ClN2O2S/c1-2-3-18-32-30(35)28(21-24-11-6-4-7-12-24)33(22-26-15-10-16-27(31)20-26)29(34)17-19-36-23-25-13-8-5-9-14-25/h4-16,20,28H,2-3,17-19,21-23H2,1H3,(H,32,35)/t28-/m0/s1. The SMILES string of the molecule is CCCCNC(=O)[C@H](Cc1ccccc1)N(Cc1cccc(Cl)c1)C(=O)CCSCc1ccccc1. The third-order valence-corrected chi connectivity index (χ3v) is 7.18. The van der Waals surface area contributed by atoms with Crippen molar-refractivity contribution >= 4 is 35.2 Å². The summed E-state index contributed by atoms with van der Waals surface area (Å²) in [6, 6.07) is 27.0. The number of rotatable bonds is 14. The predicted molar refractivity (Wildman–Crippen MR) is 151 cm³/mol. The maximum atomic E-state index is 13.6. The number of halogens is 1. The van der Waals surface area contributed by atoms with Crippen LogP contribution in [0.15, 0.2) is 84.9 Å². The van der Waals surface area contributed by atoms with E-state index in [1.807, 2.05) is 72.8 Å². The fraction of sp³-hybridized carbons (Fsp3) is 0.333. The summed E-state index contributed by atoms with van der Waals surface area (Å²) in [7, 11) is 0. The Bertz CT molecular complexity index is 1080. The van der Waals surface area contributed by atoms with Gasteiger partial charge in [0.25, 0.3) is 0 Å². The van der Waals surface area contributed by atoms with Crippen LogP contribution in [0.2, 0.25) is 5.02 Å². The molecule has 0 radical (unpaired) electrons. The van der Waals surface area contributed by atoms with Gasteiger partial charge in [0.1, 0.15) is 6.04 Å². The molecular weight excluding hydrogens is 488 g/mol. The number of amides is 2. The Balaban J connectivity index is 1.78. The molecule has 1 N–H and O–H groups in total. The van der Waals surface area contributed by atoms with Gasteiger partial charge in [0.05, 0.1) is 0 Å². The first-order chi connectivity index (χ1) is 17.6. The highest BCUT2D eigenvalue weighted by Gasteiger charge is 2.30. The molecule has 1 atom stereocenters. The van der Waals surface area contributed by atoms with Crippen molar-refractivity contribution in [2.45, 2.75) is 50.9 Å². The highest BCUT2D eigenvalue weighted by Crippen LogP contribution is 2.20. The number of nitrogens with one attached hydrogen (secondary N) is 1. The fourth-order valence-corrected chi connectivity index (χ4v) is 5.06. The maximum Gasteiger partial charge on any atom is 0.243 e. The minimum Gasteiger partial charge on any atom is -0.354 e. The third-order valence-electron chi connectivity index (χ3n) is 5.91. The van der Waals surface area contributed by atoms with E-state index in [-0.39, 0.29) is 11.8 Å². The second-order valence-electron chi connectivity index (χ2n) is 8.79. The van der Waals surface area contributed by atoms with Gasteiger partial charge in [-0.25, -0.2) is 0 Å². The molecule has 2 amide bonds. The molecule has 3 aromatic rings. The van der Waals surface area contributed by atoms with Crippen LogP contribution in [-0.2, 0) is 28.3 Å². The first kappa shape index (κ1) is 27.8. The smallest absolute Gasteiger partial charge is 0.243 e. The van der Waals surface area contributed by atoms with Crippen molar-refractivity contribution in [3.05, 3.63) is 107 Å². The molecule has 0 aliphatic heterocycles. The molecule has 3 rings (SSSR count). The lowest BCUT2D eigenvalue weighted by atomic mass is 10.0. The molecule has 3 aromatic carbocycles. The lowest BCUT2D eigenvalue weighted by Crippen LogP contribution is -2.50. The van der Waals surface area contributed by atoms with Crippen LogP contribution in [0.4, 0.5) is 0 Å². The average molecular weight is 523 g/mol. The van der Waals surface area contributed by atoms with Crippen molar-refractivity contribution in [1.29, 1.82) is 0 Å². The Morgan fingerprint density at radius 3 is 2.25 bits per heavy atom. The van der Waals surface area contributed by atoms with Gasteiger partial charge >= 0.3 is 0 Å². The predicted octanol–water partition coefficient (Wildman–Crippen LogP) is 6.52. The number of carbonyl (C=O) groups excluding carboxylic acids is 2. The average Bonchev–Trinajstić information content (AvgIpc) is 2.90. The van der Waals surface area contributed by atoms with Gasteiger partial charge in [-0.05, 0) is 35.2 Å². The first-order valence-corrected chi connectivity index (χ1v) is 14.1. The highest BCUT2D eigenvalue weighted by molar-refractivity contribution is 7.98. The molecule has 0 saturated heterocycles. The maximum absolute atomic E-state index is 13.6. The normalized spacial score (nSPS) is 11.6. The zero-order valence-electron chi connectivity index (χ0n) is 20.9. The summed E-state index contributed by atoms with van der Waals surface area (Å²) in [5.74, 6) is 1.41. The Morgan fingerprint density at radius 2 is 1.58 bits per heavy atom. The Morgan fingerprint density at radius 1 is 0.917 bits per heavy atom. The molecule has 0 saturated carbocycles. The number of carbonyl (C=O) groups is 2. The first-order valence-electron chi connectivity index (χ1n) is 12.5. The largest absolute Gasteiger partial charge is 0.354 e. The van der Waals surface area contributed by atoms with Crippen molar-refractivity contribution < 1.29 is 9.59 Å². The quantitative estimate of drug-likeness (QED) is 0.245. The van der Waals surface area contributed by atoms with Gasteiger partial charge in [-0.2, -0.15) is 11.8 Å². The van der Waals surface area contributed by atoms with Crippen LogP contribution in [0.5, 0.6) is 0 Å². The summed E-state index contributed by atoms with van der Waals surface area (Å²) >= 11 is 7.97. The van der Waals surface area contributed by atoms with Crippen molar-refractivity contribution in [1.82, 2.24) is 10.2 Å². The van der Waals surface area contributed by atoms with Gasteiger partial charge in [0, 0.05) is 42.5 Å². The molecule has 36 heavy (non-hydrogen) atoms. The Labute approximate surface area is 224 Å². The second-order valence-corrected chi connectivity index (χ2v) is 10.3. The number of hydrogen-bond acceptors (Lipinski definition) is 3. The van der Waals surface area contributed by atoms with Crippen LogP contribution in [0.1, 0.15) is 42.9 Å². The van der Waals surface area contributed by atoms with Crippen LogP contribution in [-0.4, -0.2) is 35.1 Å². The molecule has 0 unspecified atom stereocenters. The van der Waals surface area contributed by atoms with Crippen LogP contribution in [0.25, 0.3) is 0 Å². The zero-order chi connectivity index (χ0) is 25.6. The van der Waals surface area contributed by atoms with Gasteiger partial charge in [0.2, 0.25) is 11.8 Å². The van der Waals surface area contributed by atoms with E-state index in [0.29, 0.717) is 36.7 Å². The van der Waals surface area contributed by atoms with Crippen molar-refractivity contribution in [3.63, 3.8) is 0 Å². The number of nitrogens with zero attached hydrogens (tertiary/aromatic N) is 1. The fourth-order valence-electron chi connectivity index (χ4n) is 3.96. The highest BCUT2D eigenvalue weighted by atomic mass is 35.5. The van der Waals surface area contributed by atoms with E-state index in [9.17, 15) is 9.59 Å². The topological polar surface area (TPSA) is 49.4 Å². The molecule has 0 aromatic heterocycles. The summed E-state index contributed by atoms with van der Waals surface area (Å²) in [6.45, 7) is 3.03. The summed E-state index contributed by atoms with van der Waals surface area (Å²) in [5, 5.41) is 3.68. The van der Waals surface area contributed by atoms with Gasteiger partial charge in [-0.15, -0.1) is 0 Å². The van der Waals surface area contributed by atoms with E-state index in [2.05, 4.69) is 24.4 Å². The minimum absolute atomic E-state index is 0.0258. The molecule has 0 aliphatic carbocycles. The molecule has 0 spiro atoms. The lowest BCUT2D eigenvalue weighted by Gasteiger charge is -2.31. The molecule has 0 fully saturated rings. The van der Waals surface area contributed by atoms with E-state index < -0.39 is 6.04 Å². The summed E-state index contributed by atoms with van der Waals surface area (Å²) in [4.78, 5) is 28.8. The molecule has 0 bridgehead atoms. The van der Waals surface area contributed by atoms with Gasteiger partial charge in [-0.3, -0.25) is 9.59 Å². The second kappa shape index (κ2) is 15.4. The van der Waals surface area contributed by atoms with E-state index >= 15 is 0 Å². The number of unbranched alkanes of at least 4 members (excludes halogenated alkanes) is 1. The van der Waals surface area contributed by atoms with Crippen LogP contribution in [0.3, 0.4) is 0 Å². The molecular formula is C30H35ClN2O2S. The molecule has 0 heterocycles. The van der Waals surface area contributed by atoms with Crippen molar-refractivity contribution in [2.24, 2.45) is 0 Å². The van der Waals surface area contributed by atoms with E-state index in [1.54, 1.807) is 16.7 Å². The van der Waals surface area contributed by atoms with Crippen molar-refractivity contribution in [2.75, 3.05) is 12.3 Å². The Hall–Kier alpha value is -2.76. The summed E-state index contributed by atoms with van der Waals surface area (Å²) < 4.78 is 0.